The van der Waals surface area contributed by atoms with E-state index in [2.05, 4.69) is 6.08 Å². The van der Waals surface area contributed by atoms with Gasteiger partial charge in [-0.2, -0.15) is 0 Å². The molecule has 0 amide bonds. The van der Waals surface area contributed by atoms with Crippen LogP contribution in [0.3, 0.4) is 0 Å². The zero-order valence-electron chi connectivity index (χ0n) is 7.31. The molecule has 1 saturated carbocycles. The maximum absolute atomic E-state index is 2.54. The summed E-state index contributed by atoms with van der Waals surface area (Å²) in [6.07, 6.45) is 14.2. The first kappa shape index (κ1) is 7.39. The summed E-state index contributed by atoms with van der Waals surface area (Å²) in [4.78, 5) is 0. The fraction of sp³-hybridized carbons (Fsp3) is 0.818. The van der Waals surface area contributed by atoms with E-state index in [-0.39, 0.29) is 0 Å². The summed E-state index contributed by atoms with van der Waals surface area (Å²) >= 11 is 0. The lowest BCUT2D eigenvalue weighted by atomic mass is 9.97. The second kappa shape index (κ2) is 3.42. The molecule has 2 rings (SSSR count). The summed E-state index contributed by atoms with van der Waals surface area (Å²) in [5.41, 5.74) is 1.81. The second-order valence-corrected chi connectivity index (χ2v) is 4.01. The molecular formula is C11H18. The third kappa shape index (κ3) is 2.08. The zero-order valence-corrected chi connectivity index (χ0v) is 7.31. The largest absolute Gasteiger partial charge is 0.0851 e. The lowest BCUT2D eigenvalue weighted by molar-refractivity contribution is 0.611. The summed E-state index contributed by atoms with van der Waals surface area (Å²) < 4.78 is 0. The van der Waals surface area contributed by atoms with Crippen LogP contribution in [0, 0.1) is 5.92 Å². The van der Waals surface area contributed by atoms with Gasteiger partial charge in [-0.25, -0.2) is 0 Å². The van der Waals surface area contributed by atoms with Crippen molar-refractivity contribution in [2.45, 2.75) is 51.4 Å². The van der Waals surface area contributed by atoms with E-state index in [1.165, 1.54) is 51.4 Å². The van der Waals surface area contributed by atoms with Crippen LogP contribution in [-0.4, -0.2) is 0 Å². The Kier molecular flexibility index (Phi) is 2.30. The van der Waals surface area contributed by atoms with Crippen LogP contribution in [0.5, 0.6) is 0 Å². The quantitative estimate of drug-likeness (QED) is 0.500. The first-order chi connectivity index (χ1) is 5.47. The molecule has 2 aliphatic carbocycles. The van der Waals surface area contributed by atoms with Crippen LogP contribution in [0.15, 0.2) is 11.6 Å². The number of allylic oxidation sites excluding steroid dienone is 2. The number of hydrogen-bond donors (Lipinski definition) is 0. The summed E-state index contributed by atoms with van der Waals surface area (Å²) in [5, 5.41) is 0. The average molecular weight is 150 g/mol. The fourth-order valence-electron chi connectivity index (χ4n) is 2.04. The Balaban J connectivity index is 1.91. The highest BCUT2D eigenvalue weighted by molar-refractivity contribution is 5.12. The number of hydrogen-bond acceptors (Lipinski definition) is 0. The van der Waals surface area contributed by atoms with Crippen molar-refractivity contribution >= 4 is 0 Å². The highest BCUT2D eigenvalue weighted by atomic mass is 14.3. The maximum Gasteiger partial charge on any atom is -0.0203 e. The third-order valence-corrected chi connectivity index (χ3v) is 2.93. The molecule has 2 aliphatic rings. The Hall–Kier alpha value is -0.260. The van der Waals surface area contributed by atoms with Gasteiger partial charge in [0, 0.05) is 0 Å². The van der Waals surface area contributed by atoms with Crippen LogP contribution in [0.25, 0.3) is 0 Å². The van der Waals surface area contributed by atoms with E-state index in [0.29, 0.717) is 0 Å². The first-order valence-corrected chi connectivity index (χ1v) is 5.16. The summed E-state index contributed by atoms with van der Waals surface area (Å²) in [6.45, 7) is 0. The van der Waals surface area contributed by atoms with Gasteiger partial charge < -0.3 is 0 Å². The minimum Gasteiger partial charge on any atom is -0.0851 e. The molecule has 62 valence electrons. The normalized spacial score (nSPS) is 31.8. The Morgan fingerprint density at radius 3 is 2.64 bits per heavy atom. The van der Waals surface area contributed by atoms with Crippen LogP contribution >= 0.6 is 0 Å². The van der Waals surface area contributed by atoms with Gasteiger partial charge >= 0.3 is 0 Å². The molecule has 0 aliphatic heterocycles. The molecule has 0 aromatic carbocycles. The van der Waals surface area contributed by atoms with E-state index in [1.54, 1.807) is 0 Å². The topological polar surface area (TPSA) is 0 Å². The van der Waals surface area contributed by atoms with Gasteiger partial charge in [-0.15, -0.1) is 0 Å². The van der Waals surface area contributed by atoms with Crippen molar-refractivity contribution in [2.75, 3.05) is 0 Å². The minimum atomic E-state index is 1.04. The molecule has 0 saturated heterocycles. The molecule has 0 heteroatoms. The molecule has 1 fully saturated rings. The summed E-state index contributed by atoms with van der Waals surface area (Å²) in [5.74, 6) is 1.04. The summed E-state index contributed by atoms with van der Waals surface area (Å²) in [7, 11) is 0. The molecule has 0 bridgehead atoms. The number of rotatable bonds is 1. The van der Waals surface area contributed by atoms with Gasteiger partial charge in [0.25, 0.3) is 0 Å². The van der Waals surface area contributed by atoms with Crippen molar-refractivity contribution in [3.05, 3.63) is 11.6 Å². The lowest BCUT2D eigenvalue weighted by Gasteiger charge is -2.09. The van der Waals surface area contributed by atoms with Gasteiger partial charge in [-0.05, 0) is 44.4 Å². The highest BCUT2D eigenvalue weighted by Gasteiger charge is 2.25. The first-order valence-electron chi connectivity index (χ1n) is 5.16. The smallest absolute Gasteiger partial charge is 0.0203 e. The van der Waals surface area contributed by atoms with E-state index in [0.717, 1.165) is 5.92 Å². The van der Waals surface area contributed by atoms with Gasteiger partial charge in [-0.1, -0.05) is 24.5 Å². The monoisotopic (exact) mass is 150 g/mol. The molecule has 0 radical (unpaired) electrons. The van der Waals surface area contributed by atoms with E-state index in [4.69, 9.17) is 0 Å². The molecular weight excluding hydrogens is 132 g/mol. The predicted molar refractivity (Wildman–Crippen MR) is 48.5 cm³/mol. The van der Waals surface area contributed by atoms with Crippen molar-refractivity contribution in [2.24, 2.45) is 5.92 Å². The Morgan fingerprint density at radius 2 is 1.82 bits per heavy atom. The van der Waals surface area contributed by atoms with Gasteiger partial charge in [0.15, 0.2) is 0 Å². The van der Waals surface area contributed by atoms with Gasteiger partial charge in [0.1, 0.15) is 0 Å². The van der Waals surface area contributed by atoms with Crippen molar-refractivity contribution in [3.63, 3.8) is 0 Å². The second-order valence-electron chi connectivity index (χ2n) is 4.01. The molecule has 0 spiro atoms. The third-order valence-electron chi connectivity index (χ3n) is 2.93. The molecule has 0 atom stereocenters. The van der Waals surface area contributed by atoms with E-state index < -0.39 is 0 Å². The van der Waals surface area contributed by atoms with Crippen molar-refractivity contribution in [1.82, 2.24) is 0 Å². The van der Waals surface area contributed by atoms with Crippen LogP contribution < -0.4 is 0 Å². The molecule has 0 N–H and O–H groups in total. The fourth-order valence-corrected chi connectivity index (χ4v) is 2.04. The molecule has 0 aromatic rings. The Bertz CT molecular complexity index is 151. The molecule has 0 heterocycles. The summed E-state index contributed by atoms with van der Waals surface area (Å²) in [6, 6.07) is 0. The van der Waals surface area contributed by atoms with Crippen molar-refractivity contribution < 1.29 is 0 Å². The van der Waals surface area contributed by atoms with Gasteiger partial charge in [-0.3, -0.25) is 0 Å². The minimum absolute atomic E-state index is 1.04. The van der Waals surface area contributed by atoms with Gasteiger partial charge in [0.05, 0.1) is 0 Å². The molecule has 0 unspecified atom stereocenters. The predicted octanol–water partition coefficient (Wildman–Crippen LogP) is 3.68. The zero-order chi connectivity index (χ0) is 7.52. The SMILES string of the molecule is C1=C(/C2CC2)CCCCCC/1. The van der Waals surface area contributed by atoms with Crippen LogP contribution in [0.4, 0.5) is 0 Å². The standard InChI is InChI=1S/C11H18/c1-2-4-6-10(7-5-3-1)11-8-9-11/h6,11H,1-5,7-9H2/b10-6+. The molecule has 0 nitrogen and oxygen atoms in total. The average Bonchev–Trinajstić information content (AvgIpc) is 2.68. The van der Waals surface area contributed by atoms with Crippen LogP contribution in [-0.2, 0) is 0 Å². The van der Waals surface area contributed by atoms with Crippen LogP contribution in [0.1, 0.15) is 51.4 Å². The van der Waals surface area contributed by atoms with Gasteiger partial charge in [0.2, 0.25) is 0 Å². The highest BCUT2D eigenvalue weighted by Crippen LogP contribution is 2.39. The Labute approximate surface area is 69.7 Å². The lowest BCUT2D eigenvalue weighted by Crippen LogP contribution is -1.91. The van der Waals surface area contributed by atoms with Crippen molar-refractivity contribution in [1.29, 1.82) is 0 Å². The van der Waals surface area contributed by atoms with Crippen LogP contribution in [0.2, 0.25) is 0 Å². The van der Waals surface area contributed by atoms with E-state index in [1.807, 2.05) is 5.57 Å². The van der Waals surface area contributed by atoms with Crippen molar-refractivity contribution in [3.8, 4) is 0 Å². The maximum atomic E-state index is 2.54. The van der Waals surface area contributed by atoms with E-state index >= 15 is 0 Å². The van der Waals surface area contributed by atoms with E-state index in [9.17, 15) is 0 Å². The molecule has 0 aromatic heterocycles. The Morgan fingerprint density at radius 1 is 1.00 bits per heavy atom. The molecule has 11 heavy (non-hydrogen) atoms.